The Bertz CT molecular complexity index is 860. The van der Waals surface area contributed by atoms with E-state index in [2.05, 4.69) is 21.2 Å². The minimum absolute atomic E-state index is 0.00159. The second-order valence-electron chi connectivity index (χ2n) is 6.68. The quantitative estimate of drug-likeness (QED) is 0.837. The predicted molar refractivity (Wildman–Crippen MR) is 102 cm³/mol. The molecule has 134 valence electrons. The minimum Gasteiger partial charge on any atom is -0.483 e. The van der Waals surface area contributed by atoms with Crippen molar-refractivity contribution >= 4 is 33.4 Å². The average molecular weight is 415 g/mol. The highest BCUT2D eigenvalue weighted by atomic mass is 79.9. The van der Waals surface area contributed by atoms with Gasteiger partial charge in [-0.05, 0) is 52.5 Å². The van der Waals surface area contributed by atoms with Crippen LogP contribution in [0.25, 0.3) is 0 Å². The van der Waals surface area contributed by atoms with E-state index < -0.39 is 5.41 Å². The third-order valence-electron chi connectivity index (χ3n) is 5.28. The summed E-state index contributed by atoms with van der Waals surface area (Å²) in [5, 5.41) is 2.98. The number of halogens is 1. The molecular weight excluding hydrogens is 396 g/mol. The number of piperidine rings is 1. The highest BCUT2D eigenvalue weighted by Crippen LogP contribution is 2.44. The Morgan fingerprint density at radius 3 is 2.58 bits per heavy atom. The van der Waals surface area contributed by atoms with Crippen molar-refractivity contribution in [3.8, 4) is 5.75 Å². The van der Waals surface area contributed by atoms with Crippen molar-refractivity contribution in [1.29, 1.82) is 0 Å². The van der Waals surface area contributed by atoms with E-state index in [-0.39, 0.29) is 18.4 Å². The molecule has 2 aromatic rings. The van der Waals surface area contributed by atoms with Crippen LogP contribution in [-0.2, 0) is 15.0 Å². The standard InChI is InChI=1S/C20H19BrN2O3/c21-15-6-2-4-8-17(15)26-13-18(24)23-11-9-20(10-12-23)14-5-1-3-7-16(14)22-19(20)25/h1-8H,9-13H2,(H,22,25). The predicted octanol–water partition coefficient (Wildman–Crippen LogP) is 3.34. The number of ether oxygens (including phenoxy) is 1. The first-order chi connectivity index (χ1) is 12.6. The van der Waals surface area contributed by atoms with Gasteiger partial charge in [-0.2, -0.15) is 0 Å². The first kappa shape index (κ1) is 17.1. The molecule has 1 saturated heterocycles. The molecule has 0 radical (unpaired) electrons. The number of nitrogens with one attached hydrogen (secondary N) is 1. The summed E-state index contributed by atoms with van der Waals surface area (Å²) in [6.45, 7) is 1.11. The van der Waals surface area contributed by atoms with E-state index in [0.717, 1.165) is 15.7 Å². The lowest BCUT2D eigenvalue weighted by Gasteiger charge is -2.37. The number of carbonyl (C=O) groups excluding carboxylic acids is 2. The Labute approximate surface area is 160 Å². The number of rotatable bonds is 3. The lowest BCUT2D eigenvalue weighted by atomic mass is 9.73. The topological polar surface area (TPSA) is 58.6 Å². The maximum Gasteiger partial charge on any atom is 0.260 e. The summed E-state index contributed by atoms with van der Waals surface area (Å²) in [6.07, 6.45) is 1.27. The van der Waals surface area contributed by atoms with Gasteiger partial charge in [0, 0.05) is 18.8 Å². The molecule has 2 heterocycles. The zero-order chi connectivity index (χ0) is 18.1. The van der Waals surface area contributed by atoms with Crippen LogP contribution in [0.4, 0.5) is 5.69 Å². The van der Waals surface area contributed by atoms with E-state index in [0.29, 0.717) is 31.7 Å². The number of fused-ring (bicyclic) bond motifs is 2. The van der Waals surface area contributed by atoms with Gasteiger partial charge in [0.2, 0.25) is 5.91 Å². The molecule has 0 saturated carbocycles. The van der Waals surface area contributed by atoms with Crippen molar-refractivity contribution in [3.05, 3.63) is 58.6 Å². The molecule has 0 unspecified atom stereocenters. The van der Waals surface area contributed by atoms with Gasteiger partial charge < -0.3 is 15.0 Å². The first-order valence-electron chi connectivity index (χ1n) is 8.66. The number of nitrogens with zero attached hydrogens (tertiary/aromatic N) is 1. The summed E-state index contributed by atoms with van der Waals surface area (Å²) in [7, 11) is 0. The van der Waals surface area contributed by atoms with Crippen LogP contribution in [0.1, 0.15) is 18.4 Å². The summed E-state index contributed by atoms with van der Waals surface area (Å²) in [4.78, 5) is 26.9. The lowest BCUT2D eigenvalue weighted by molar-refractivity contribution is -0.137. The molecule has 1 spiro atoms. The van der Waals surface area contributed by atoms with Crippen molar-refractivity contribution in [2.24, 2.45) is 0 Å². The normalized spacial score (nSPS) is 17.7. The van der Waals surface area contributed by atoms with Crippen LogP contribution in [0, 0.1) is 0 Å². The first-order valence-corrected chi connectivity index (χ1v) is 9.45. The van der Waals surface area contributed by atoms with Gasteiger partial charge in [0.05, 0.1) is 9.89 Å². The summed E-state index contributed by atoms with van der Waals surface area (Å²) >= 11 is 3.41. The van der Waals surface area contributed by atoms with Gasteiger partial charge in [-0.25, -0.2) is 0 Å². The smallest absolute Gasteiger partial charge is 0.260 e. The number of hydrogen-bond donors (Lipinski definition) is 1. The molecule has 2 aliphatic heterocycles. The van der Waals surface area contributed by atoms with E-state index in [1.165, 1.54) is 0 Å². The molecule has 0 atom stereocenters. The highest BCUT2D eigenvalue weighted by Gasteiger charge is 2.48. The maximum atomic E-state index is 12.6. The molecule has 1 N–H and O–H groups in total. The largest absolute Gasteiger partial charge is 0.483 e. The number of para-hydroxylation sites is 2. The maximum absolute atomic E-state index is 12.6. The number of likely N-dealkylation sites (tertiary alicyclic amines) is 1. The summed E-state index contributed by atoms with van der Waals surface area (Å²) in [5.41, 5.74) is 1.45. The fourth-order valence-corrected chi connectivity index (χ4v) is 4.20. The molecule has 2 amide bonds. The lowest BCUT2D eigenvalue weighted by Crippen LogP contribution is -2.49. The van der Waals surface area contributed by atoms with Crippen molar-refractivity contribution < 1.29 is 14.3 Å². The van der Waals surface area contributed by atoms with E-state index in [4.69, 9.17) is 4.74 Å². The van der Waals surface area contributed by atoms with Crippen LogP contribution in [-0.4, -0.2) is 36.4 Å². The Hall–Kier alpha value is -2.34. The van der Waals surface area contributed by atoms with Gasteiger partial charge in [-0.1, -0.05) is 30.3 Å². The molecule has 5 nitrogen and oxygen atoms in total. The van der Waals surface area contributed by atoms with Gasteiger partial charge in [-0.3, -0.25) is 9.59 Å². The van der Waals surface area contributed by atoms with Crippen LogP contribution in [0.5, 0.6) is 5.75 Å². The third kappa shape index (κ3) is 2.88. The minimum atomic E-state index is -0.503. The van der Waals surface area contributed by atoms with E-state index in [1.807, 2.05) is 48.5 Å². The van der Waals surface area contributed by atoms with Gasteiger partial charge in [-0.15, -0.1) is 0 Å². The Morgan fingerprint density at radius 2 is 1.81 bits per heavy atom. The summed E-state index contributed by atoms with van der Waals surface area (Å²) < 4.78 is 6.45. The monoisotopic (exact) mass is 414 g/mol. The third-order valence-corrected chi connectivity index (χ3v) is 5.94. The van der Waals surface area contributed by atoms with Gasteiger partial charge in [0.1, 0.15) is 5.75 Å². The van der Waals surface area contributed by atoms with Crippen LogP contribution in [0.15, 0.2) is 53.0 Å². The van der Waals surface area contributed by atoms with Crippen LogP contribution >= 0.6 is 15.9 Å². The van der Waals surface area contributed by atoms with Gasteiger partial charge in [0.25, 0.3) is 5.91 Å². The number of hydrogen-bond acceptors (Lipinski definition) is 3. The van der Waals surface area contributed by atoms with Crippen molar-refractivity contribution in [2.75, 3.05) is 25.0 Å². The molecule has 2 aromatic carbocycles. The second-order valence-corrected chi connectivity index (χ2v) is 7.54. The van der Waals surface area contributed by atoms with E-state index in [9.17, 15) is 9.59 Å². The Kier molecular flexibility index (Phi) is 4.44. The van der Waals surface area contributed by atoms with Crippen LogP contribution < -0.4 is 10.1 Å². The average Bonchev–Trinajstić information content (AvgIpc) is 2.93. The molecule has 1 fully saturated rings. The SMILES string of the molecule is O=C(COc1ccccc1Br)N1CCC2(CC1)C(=O)Nc1ccccc12. The number of carbonyl (C=O) groups is 2. The second kappa shape index (κ2) is 6.76. The fourth-order valence-electron chi connectivity index (χ4n) is 3.80. The number of amides is 2. The van der Waals surface area contributed by atoms with Crippen LogP contribution in [0.2, 0.25) is 0 Å². The molecular formula is C20H19BrN2O3. The van der Waals surface area contributed by atoms with Crippen molar-refractivity contribution in [1.82, 2.24) is 4.90 Å². The van der Waals surface area contributed by atoms with Crippen molar-refractivity contribution in [3.63, 3.8) is 0 Å². The number of anilines is 1. The van der Waals surface area contributed by atoms with E-state index >= 15 is 0 Å². The fraction of sp³-hybridized carbons (Fsp3) is 0.300. The van der Waals surface area contributed by atoms with Gasteiger partial charge in [0.15, 0.2) is 6.61 Å². The summed E-state index contributed by atoms with van der Waals surface area (Å²) in [5.74, 6) is 0.649. The van der Waals surface area contributed by atoms with Crippen LogP contribution in [0.3, 0.4) is 0 Å². The zero-order valence-corrected chi connectivity index (χ0v) is 15.8. The molecule has 0 aromatic heterocycles. The molecule has 6 heteroatoms. The molecule has 0 aliphatic carbocycles. The zero-order valence-electron chi connectivity index (χ0n) is 14.2. The molecule has 4 rings (SSSR count). The summed E-state index contributed by atoms with van der Waals surface area (Å²) in [6, 6.07) is 15.3. The molecule has 0 bridgehead atoms. The number of benzene rings is 2. The van der Waals surface area contributed by atoms with E-state index in [1.54, 1.807) is 4.90 Å². The highest BCUT2D eigenvalue weighted by molar-refractivity contribution is 9.10. The molecule has 2 aliphatic rings. The Morgan fingerprint density at radius 1 is 1.12 bits per heavy atom. The van der Waals surface area contributed by atoms with Gasteiger partial charge >= 0.3 is 0 Å². The van der Waals surface area contributed by atoms with Crippen molar-refractivity contribution in [2.45, 2.75) is 18.3 Å². The molecule has 26 heavy (non-hydrogen) atoms. The Balaban J connectivity index is 1.40.